The fourth-order valence-electron chi connectivity index (χ4n) is 4.03. The summed E-state index contributed by atoms with van der Waals surface area (Å²) in [6.07, 6.45) is 2.38. The van der Waals surface area contributed by atoms with E-state index in [2.05, 4.69) is 15.2 Å². The Balaban J connectivity index is 1.58. The van der Waals surface area contributed by atoms with Gasteiger partial charge in [0.25, 0.3) is 5.56 Å². The van der Waals surface area contributed by atoms with Gasteiger partial charge in [0, 0.05) is 18.7 Å². The first-order valence-electron chi connectivity index (χ1n) is 10.7. The molecule has 162 valence electrons. The van der Waals surface area contributed by atoms with Gasteiger partial charge in [0.05, 0.1) is 22.8 Å². The van der Waals surface area contributed by atoms with Gasteiger partial charge >= 0.3 is 6.03 Å². The van der Waals surface area contributed by atoms with E-state index in [-0.39, 0.29) is 18.1 Å². The topological polar surface area (TPSA) is 68.4 Å². The van der Waals surface area contributed by atoms with E-state index < -0.39 is 0 Å². The molecule has 7 heteroatoms. The lowest BCUT2D eigenvalue weighted by Crippen LogP contribution is -2.41. The summed E-state index contributed by atoms with van der Waals surface area (Å²) in [5.41, 5.74) is 2.81. The third-order valence-electron chi connectivity index (χ3n) is 5.81. The molecule has 0 radical (unpaired) electrons. The number of aromatic amines is 1. The third kappa shape index (κ3) is 5.09. The molecule has 2 heterocycles. The Morgan fingerprint density at radius 3 is 2.71 bits per heavy atom. The Hall–Kier alpha value is -2.83. The number of carbonyl (C=O) groups is 1. The molecular formula is C24H27ClN4O2. The van der Waals surface area contributed by atoms with Crippen molar-refractivity contribution in [1.82, 2.24) is 14.8 Å². The molecule has 1 aliphatic rings. The molecule has 6 nitrogen and oxygen atoms in total. The van der Waals surface area contributed by atoms with Crippen LogP contribution in [-0.4, -0.2) is 47.0 Å². The number of rotatable bonds is 6. The quantitative estimate of drug-likeness (QED) is 0.590. The van der Waals surface area contributed by atoms with E-state index in [4.69, 9.17) is 11.6 Å². The lowest BCUT2D eigenvalue weighted by atomic mass is 10.1. The maximum Gasteiger partial charge on any atom is 0.322 e. The van der Waals surface area contributed by atoms with E-state index >= 15 is 0 Å². The van der Waals surface area contributed by atoms with Crippen LogP contribution in [0.3, 0.4) is 0 Å². The van der Waals surface area contributed by atoms with Crippen LogP contribution >= 0.6 is 11.6 Å². The highest BCUT2D eigenvalue weighted by molar-refractivity contribution is 6.33. The third-order valence-corrected chi connectivity index (χ3v) is 6.14. The highest BCUT2D eigenvalue weighted by atomic mass is 35.5. The Kier molecular flexibility index (Phi) is 6.59. The first-order valence-corrected chi connectivity index (χ1v) is 11.0. The van der Waals surface area contributed by atoms with Crippen molar-refractivity contribution < 1.29 is 4.79 Å². The molecule has 0 spiro atoms. The highest BCUT2D eigenvalue weighted by Gasteiger charge is 2.20. The second-order valence-corrected chi connectivity index (χ2v) is 8.45. The summed E-state index contributed by atoms with van der Waals surface area (Å²) in [7, 11) is 0. The summed E-state index contributed by atoms with van der Waals surface area (Å²) in [5.74, 6) is 0. The molecule has 0 unspecified atom stereocenters. The van der Waals surface area contributed by atoms with E-state index in [1.165, 1.54) is 12.8 Å². The number of hydrogen-bond acceptors (Lipinski definition) is 3. The number of para-hydroxylation sites is 2. The van der Waals surface area contributed by atoms with Crippen molar-refractivity contribution in [2.24, 2.45) is 0 Å². The number of nitrogens with zero attached hydrogens (tertiary/aromatic N) is 2. The number of urea groups is 1. The summed E-state index contributed by atoms with van der Waals surface area (Å²) in [6, 6.07) is 14.7. The Bertz CT molecular complexity index is 1140. The number of aromatic nitrogens is 1. The van der Waals surface area contributed by atoms with E-state index in [1.807, 2.05) is 43.3 Å². The molecule has 1 saturated heterocycles. The van der Waals surface area contributed by atoms with Crippen molar-refractivity contribution >= 4 is 34.2 Å². The molecule has 0 saturated carbocycles. The SMILES string of the molecule is Cc1cccc2cc(CN(CCN3CCCC3)C(=O)Nc3ccccc3Cl)c(=O)[nH]c12. The van der Waals surface area contributed by atoms with Crippen LogP contribution in [0.1, 0.15) is 24.0 Å². The molecular weight excluding hydrogens is 412 g/mol. The Morgan fingerprint density at radius 2 is 1.94 bits per heavy atom. The van der Waals surface area contributed by atoms with Gasteiger partial charge in [-0.05, 0) is 62.0 Å². The van der Waals surface area contributed by atoms with Gasteiger partial charge in [-0.3, -0.25) is 4.79 Å². The van der Waals surface area contributed by atoms with Crippen molar-refractivity contribution in [2.45, 2.75) is 26.3 Å². The van der Waals surface area contributed by atoms with Crippen molar-refractivity contribution in [1.29, 1.82) is 0 Å². The lowest BCUT2D eigenvalue weighted by Gasteiger charge is -2.26. The van der Waals surface area contributed by atoms with E-state index in [1.54, 1.807) is 17.0 Å². The normalized spacial score (nSPS) is 14.1. The molecule has 1 aromatic heterocycles. The summed E-state index contributed by atoms with van der Waals surface area (Å²) < 4.78 is 0. The smallest absolute Gasteiger partial charge is 0.321 e. The number of pyridine rings is 1. The number of H-pyrrole nitrogens is 1. The van der Waals surface area contributed by atoms with Crippen LogP contribution in [0.15, 0.2) is 53.3 Å². The van der Waals surface area contributed by atoms with Crippen molar-refractivity contribution in [2.75, 3.05) is 31.5 Å². The molecule has 2 aromatic carbocycles. The molecule has 2 amide bonds. The van der Waals surface area contributed by atoms with Gasteiger partial charge in [0.15, 0.2) is 0 Å². The zero-order valence-electron chi connectivity index (χ0n) is 17.7. The van der Waals surface area contributed by atoms with Crippen LogP contribution < -0.4 is 10.9 Å². The van der Waals surface area contributed by atoms with Gasteiger partial charge in [-0.25, -0.2) is 4.79 Å². The van der Waals surface area contributed by atoms with Crippen LogP contribution in [0.2, 0.25) is 5.02 Å². The highest BCUT2D eigenvalue weighted by Crippen LogP contribution is 2.21. The fourth-order valence-corrected chi connectivity index (χ4v) is 4.21. The minimum atomic E-state index is -0.268. The van der Waals surface area contributed by atoms with Gasteiger partial charge < -0.3 is 20.1 Å². The summed E-state index contributed by atoms with van der Waals surface area (Å²) in [6.45, 7) is 5.61. The molecule has 0 aliphatic carbocycles. The molecule has 1 fully saturated rings. The van der Waals surface area contributed by atoms with Crippen LogP contribution in [0.5, 0.6) is 0 Å². The maximum atomic E-state index is 13.1. The van der Waals surface area contributed by atoms with Gasteiger partial charge in [-0.1, -0.05) is 41.9 Å². The standard InChI is InChI=1S/C24H27ClN4O2/c1-17-7-6-8-18-15-19(23(30)27-22(17)18)16-29(14-13-28-11-4-5-12-28)24(31)26-21-10-3-2-9-20(21)25/h2-3,6-10,15H,4-5,11-14,16H2,1H3,(H,26,31)(H,27,30). The zero-order chi connectivity index (χ0) is 21.8. The molecule has 0 atom stereocenters. The Labute approximate surface area is 186 Å². The van der Waals surface area contributed by atoms with E-state index in [0.29, 0.717) is 22.8 Å². The van der Waals surface area contributed by atoms with Gasteiger partial charge in [0.2, 0.25) is 0 Å². The van der Waals surface area contributed by atoms with Crippen LogP contribution in [0.4, 0.5) is 10.5 Å². The fraction of sp³-hybridized carbons (Fsp3) is 0.333. The van der Waals surface area contributed by atoms with Crippen molar-refractivity contribution in [3.8, 4) is 0 Å². The predicted molar refractivity (Wildman–Crippen MR) is 126 cm³/mol. The molecule has 1 aliphatic heterocycles. The maximum absolute atomic E-state index is 13.1. The second-order valence-electron chi connectivity index (χ2n) is 8.04. The van der Waals surface area contributed by atoms with E-state index in [0.717, 1.165) is 36.1 Å². The second kappa shape index (κ2) is 9.54. The number of aryl methyl sites for hydroxylation is 1. The summed E-state index contributed by atoms with van der Waals surface area (Å²) in [4.78, 5) is 32.9. The average molecular weight is 439 g/mol. The predicted octanol–water partition coefficient (Wildman–Crippen LogP) is 4.62. The largest absolute Gasteiger partial charge is 0.322 e. The molecule has 2 N–H and O–H groups in total. The number of nitrogens with one attached hydrogen (secondary N) is 2. The van der Waals surface area contributed by atoms with Crippen LogP contribution in [-0.2, 0) is 6.54 Å². The monoisotopic (exact) mass is 438 g/mol. The van der Waals surface area contributed by atoms with Crippen molar-refractivity contribution in [3.05, 3.63) is 75.0 Å². The minimum absolute atomic E-state index is 0.168. The number of likely N-dealkylation sites (tertiary alicyclic amines) is 1. The number of fused-ring (bicyclic) bond motifs is 1. The number of amides is 2. The van der Waals surface area contributed by atoms with Crippen LogP contribution in [0.25, 0.3) is 10.9 Å². The average Bonchev–Trinajstić information content (AvgIpc) is 3.27. The van der Waals surface area contributed by atoms with E-state index in [9.17, 15) is 9.59 Å². The zero-order valence-corrected chi connectivity index (χ0v) is 18.4. The van der Waals surface area contributed by atoms with Gasteiger partial charge in [0.1, 0.15) is 0 Å². The lowest BCUT2D eigenvalue weighted by molar-refractivity contribution is 0.197. The minimum Gasteiger partial charge on any atom is -0.321 e. The number of benzene rings is 2. The summed E-state index contributed by atoms with van der Waals surface area (Å²) >= 11 is 6.22. The van der Waals surface area contributed by atoms with Gasteiger partial charge in [-0.2, -0.15) is 0 Å². The first kappa shape index (κ1) is 21.4. The van der Waals surface area contributed by atoms with Crippen LogP contribution in [0, 0.1) is 6.92 Å². The first-order chi connectivity index (χ1) is 15.0. The Morgan fingerprint density at radius 1 is 1.16 bits per heavy atom. The molecule has 4 rings (SSSR count). The molecule has 0 bridgehead atoms. The number of carbonyl (C=O) groups excluding carboxylic acids is 1. The number of hydrogen-bond donors (Lipinski definition) is 2. The molecule has 31 heavy (non-hydrogen) atoms. The molecule has 3 aromatic rings. The van der Waals surface area contributed by atoms with Gasteiger partial charge in [-0.15, -0.1) is 0 Å². The number of halogens is 1. The number of anilines is 1. The summed E-state index contributed by atoms with van der Waals surface area (Å²) in [5, 5.41) is 4.34. The van der Waals surface area contributed by atoms with Crippen molar-refractivity contribution in [3.63, 3.8) is 0 Å².